The van der Waals surface area contributed by atoms with Crippen LogP contribution in [0, 0.1) is 12.7 Å². The first-order valence-corrected chi connectivity index (χ1v) is 9.29. The Balaban J connectivity index is 1.66. The molecule has 144 valence electrons. The molecule has 28 heavy (non-hydrogen) atoms. The SMILES string of the molecule is Cc1cccc(C(C)C)c1Nc1ccc(NC(=O)Cc2cccc(F)c2)cn1. The molecule has 0 bridgehead atoms. The molecule has 0 aliphatic carbocycles. The highest BCUT2D eigenvalue weighted by atomic mass is 19.1. The van der Waals surface area contributed by atoms with Crippen LogP contribution in [0.5, 0.6) is 0 Å². The van der Waals surface area contributed by atoms with Gasteiger partial charge in [-0.15, -0.1) is 0 Å². The molecule has 5 heteroatoms. The van der Waals surface area contributed by atoms with Crippen molar-refractivity contribution in [1.82, 2.24) is 4.98 Å². The molecule has 0 radical (unpaired) electrons. The van der Waals surface area contributed by atoms with Gasteiger partial charge in [0, 0.05) is 5.69 Å². The van der Waals surface area contributed by atoms with Crippen LogP contribution in [0.25, 0.3) is 0 Å². The topological polar surface area (TPSA) is 54.0 Å². The normalized spacial score (nSPS) is 10.8. The molecule has 3 rings (SSSR count). The van der Waals surface area contributed by atoms with Gasteiger partial charge in [-0.05, 0) is 53.8 Å². The quantitative estimate of drug-likeness (QED) is 0.590. The second-order valence-electron chi connectivity index (χ2n) is 7.11. The van der Waals surface area contributed by atoms with E-state index in [1.807, 2.05) is 6.07 Å². The molecule has 0 atom stereocenters. The number of anilines is 3. The molecule has 0 fully saturated rings. The Hall–Kier alpha value is -3.21. The predicted octanol–water partition coefficient (Wildman–Crippen LogP) is 5.58. The van der Waals surface area contributed by atoms with Crippen LogP contribution in [0.15, 0.2) is 60.8 Å². The summed E-state index contributed by atoms with van der Waals surface area (Å²) in [6, 6.07) is 15.9. The van der Waals surface area contributed by atoms with Crippen LogP contribution in [0.4, 0.5) is 21.6 Å². The van der Waals surface area contributed by atoms with Gasteiger partial charge in [0.2, 0.25) is 5.91 Å². The number of rotatable bonds is 6. The second-order valence-corrected chi connectivity index (χ2v) is 7.11. The lowest BCUT2D eigenvalue weighted by Gasteiger charge is -2.17. The van der Waals surface area contributed by atoms with Crippen molar-refractivity contribution in [3.8, 4) is 0 Å². The molecule has 3 aromatic rings. The first-order valence-electron chi connectivity index (χ1n) is 9.29. The number of halogens is 1. The fourth-order valence-corrected chi connectivity index (χ4v) is 3.05. The van der Waals surface area contributed by atoms with E-state index in [2.05, 4.69) is 54.6 Å². The van der Waals surface area contributed by atoms with Crippen molar-refractivity contribution in [2.24, 2.45) is 0 Å². The van der Waals surface area contributed by atoms with Crippen LogP contribution >= 0.6 is 0 Å². The van der Waals surface area contributed by atoms with Gasteiger partial charge in [-0.1, -0.05) is 44.2 Å². The van der Waals surface area contributed by atoms with E-state index in [1.54, 1.807) is 24.4 Å². The Bertz CT molecular complexity index is 968. The molecule has 2 N–H and O–H groups in total. The molecule has 0 saturated carbocycles. The summed E-state index contributed by atoms with van der Waals surface area (Å²) in [5, 5.41) is 6.17. The maximum absolute atomic E-state index is 13.2. The Morgan fingerprint density at radius 1 is 1.11 bits per heavy atom. The largest absolute Gasteiger partial charge is 0.340 e. The van der Waals surface area contributed by atoms with Crippen molar-refractivity contribution in [2.45, 2.75) is 33.1 Å². The van der Waals surface area contributed by atoms with Gasteiger partial charge in [0.25, 0.3) is 0 Å². The van der Waals surface area contributed by atoms with Gasteiger partial charge in [0.1, 0.15) is 11.6 Å². The molecule has 1 aromatic heterocycles. The number of nitrogens with zero attached hydrogens (tertiary/aromatic N) is 1. The van der Waals surface area contributed by atoms with Gasteiger partial charge in [0.15, 0.2) is 0 Å². The van der Waals surface area contributed by atoms with Gasteiger partial charge >= 0.3 is 0 Å². The average Bonchev–Trinajstić information content (AvgIpc) is 2.64. The zero-order valence-electron chi connectivity index (χ0n) is 16.3. The lowest BCUT2D eigenvalue weighted by Crippen LogP contribution is -2.14. The molecule has 0 aliphatic rings. The maximum atomic E-state index is 13.2. The number of amides is 1. The van der Waals surface area contributed by atoms with Crippen molar-refractivity contribution in [3.05, 3.63) is 83.3 Å². The number of carbonyl (C=O) groups excluding carboxylic acids is 1. The van der Waals surface area contributed by atoms with Gasteiger partial charge in [-0.2, -0.15) is 0 Å². The first-order chi connectivity index (χ1) is 13.4. The molecular formula is C23H24FN3O. The number of carbonyl (C=O) groups is 1. The van der Waals surface area contributed by atoms with Crippen LogP contribution in [0.1, 0.15) is 36.5 Å². The lowest BCUT2D eigenvalue weighted by molar-refractivity contribution is -0.115. The van der Waals surface area contributed by atoms with Gasteiger partial charge < -0.3 is 10.6 Å². The van der Waals surface area contributed by atoms with Gasteiger partial charge in [-0.3, -0.25) is 4.79 Å². The molecule has 4 nitrogen and oxygen atoms in total. The minimum atomic E-state index is -0.348. The average molecular weight is 377 g/mol. The van der Waals surface area contributed by atoms with E-state index in [0.29, 0.717) is 23.0 Å². The molecule has 2 aromatic carbocycles. The van der Waals surface area contributed by atoms with E-state index in [-0.39, 0.29) is 18.1 Å². The number of aryl methyl sites for hydroxylation is 1. The molecule has 0 saturated heterocycles. The summed E-state index contributed by atoms with van der Waals surface area (Å²) in [6.45, 7) is 6.38. The maximum Gasteiger partial charge on any atom is 0.228 e. The van der Waals surface area contributed by atoms with E-state index in [9.17, 15) is 9.18 Å². The summed E-state index contributed by atoms with van der Waals surface area (Å²) in [6.07, 6.45) is 1.72. The second kappa shape index (κ2) is 8.65. The van der Waals surface area contributed by atoms with Crippen LogP contribution in [-0.4, -0.2) is 10.9 Å². The van der Waals surface area contributed by atoms with Crippen LogP contribution in [0.2, 0.25) is 0 Å². The zero-order valence-corrected chi connectivity index (χ0v) is 16.3. The Labute approximate surface area is 164 Å². The van der Waals surface area contributed by atoms with E-state index >= 15 is 0 Å². The minimum Gasteiger partial charge on any atom is -0.340 e. The molecule has 0 unspecified atom stereocenters. The summed E-state index contributed by atoms with van der Waals surface area (Å²) in [5.41, 5.74) is 4.67. The van der Waals surface area contributed by atoms with Crippen molar-refractivity contribution in [2.75, 3.05) is 10.6 Å². The summed E-state index contributed by atoms with van der Waals surface area (Å²) < 4.78 is 13.2. The summed E-state index contributed by atoms with van der Waals surface area (Å²) in [4.78, 5) is 16.6. The van der Waals surface area contributed by atoms with Crippen molar-refractivity contribution >= 4 is 23.1 Å². The smallest absolute Gasteiger partial charge is 0.228 e. The molecule has 1 amide bonds. The van der Waals surface area contributed by atoms with E-state index in [1.165, 1.54) is 17.7 Å². The highest BCUT2D eigenvalue weighted by Crippen LogP contribution is 2.29. The molecular weight excluding hydrogens is 353 g/mol. The van der Waals surface area contributed by atoms with Crippen LogP contribution in [0.3, 0.4) is 0 Å². The van der Waals surface area contributed by atoms with Crippen molar-refractivity contribution in [3.63, 3.8) is 0 Å². The number of benzene rings is 2. The standard InChI is InChI=1S/C23H24FN3O/c1-15(2)20-9-4-6-16(3)23(20)27-21-11-10-19(14-25-21)26-22(28)13-17-7-5-8-18(24)12-17/h4-12,14-15H,13H2,1-3H3,(H,25,27)(H,26,28). The highest BCUT2D eigenvalue weighted by Gasteiger charge is 2.10. The predicted molar refractivity (Wildman–Crippen MR) is 112 cm³/mol. The Morgan fingerprint density at radius 2 is 1.89 bits per heavy atom. The zero-order chi connectivity index (χ0) is 20.1. The van der Waals surface area contributed by atoms with Crippen LogP contribution in [-0.2, 0) is 11.2 Å². The number of aromatic nitrogens is 1. The minimum absolute atomic E-state index is 0.110. The summed E-state index contributed by atoms with van der Waals surface area (Å²) in [7, 11) is 0. The van der Waals surface area contributed by atoms with Gasteiger partial charge in [-0.25, -0.2) is 9.37 Å². The molecule has 1 heterocycles. The summed E-state index contributed by atoms with van der Waals surface area (Å²) >= 11 is 0. The molecule has 0 aliphatic heterocycles. The van der Waals surface area contributed by atoms with Gasteiger partial charge in [0.05, 0.1) is 18.3 Å². The number of hydrogen-bond donors (Lipinski definition) is 2. The number of hydrogen-bond acceptors (Lipinski definition) is 3. The third-order valence-corrected chi connectivity index (χ3v) is 4.48. The fraction of sp³-hybridized carbons (Fsp3) is 0.217. The summed E-state index contributed by atoms with van der Waals surface area (Å²) in [5.74, 6) is 0.539. The van der Waals surface area contributed by atoms with Crippen molar-refractivity contribution in [1.29, 1.82) is 0 Å². The lowest BCUT2D eigenvalue weighted by atomic mass is 9.98. The number of pyridine rings is 1. The first kappa shape index (κ1) is 19.5. The third-order valence-electron chi connectivity index (χ3n) is 4.48. The number of para-hydroxylation sites is 1. The molecule has 0 spiro atoms. The van der Waals surface area contributed by atoms with E-state index in [0.717, 1.165) is 11.3 Å². The Morgan fingerprint density at radius 3 is 2.57 bits per heavy atom. The van der Waals surface area contributed by atoms with Crippen molar-refractivity contribution < 1.29 is 9.18 Å². The van der Waals surface area contributed by atoms with E-state index in [4.69, 9.17) is 0 Å². The highest BCUT2D eigenvalue weighted by molar-refractivity contribution is 5.92. The van der Waals surface area contributed by atoms with Crippen LogP contribution < -0.4 is 10.6 Å². The van der Waals surface area contributed by atoms with E-state index < -0.39 is 0 Å². The third kappa shape index (κ3) is 4.94. The number of nitrogens with one attached hydrogen (secondary N) is 2. The fourth-order valence-electron chi connectivity index (χ4n) is 3.05. The monoisotopic (exact) mass is 377 g/mol. The Kier molecular flexibility index (Phi) is 6.04.